The summed E-state index contributed by atoms with van der Waals surface area (Å²) < 4.78 is 39.7. The topological polar surface area (TPSA) is 82.9 Å². The first-order valence-corrected chi connectivity index (χ1v) is 6.77. The summed E-state index contributed by atoms with van der Waals surface area (Å²) in [6.45, 7) is 3.19. The number of hydrogen-bond donors (Lipinski definition) is 1. The zero-order valence-electron chi connectivity index (χ0n) is 12.5. The molecule has 0 saturated carbocycles. The smallest absolute Gasteiger partial charge is 0.326 e. The van der Waals surface area contributed by atoms with Crippen LogP contribution in [0.4, 0.5) is 13.2 Å². The van der Waals surface area contributed by atoms with Crippen LogP contribution in [0.3, 0.4) is 0 Å². The van der Waals surface area contributed by atoms with E-state index in [9.17, 15) is 22.8 Å². The van der Waals surface area contributed by atoms with Gasteiger partial charge in [-0.1, -0.05) is 0 Å². The highest BCUT2D eigenvalue weighted by molar-refractivity contribution is 5.28. The third kappa shape index (κ3) is 3.19. The van der Waals surface area contributed by atoms with Gasteiger partial charge in [-0.3, -0.25) is 13.9 Å². The second kappa shape index (κ2) is 5.99. The number of alkyl halides is 3. The van der Waals surface area contributed by atoms with Gasteiger partial charge in [0.1, 0.15) is 5.82 Å². The standard InChI is InChI=1S/C14H15F3N4O2/c1-8(2)21-12(22)9(5-18)7-20(13(21)23)11-4-3-10(6-19-11)14(15,16)17/h3-4,6-8H,5,18H2,1-2H3. The molecular weight excluding hydrogens is 313 g/mol. The summed E-state index contributed by atoms with van der Waals surface area (Å²) in [7, 11) is 0. The monoisotopic (exact) mass is 328 g/mol. The lowest BCUT2D eigenvalue weighted by Crippen LogP contribution is -2.42. The highest BCUT2D eigenvalue weighted by Gasteiger charge is 2.30. The van der Waals surface area contributed by atoms with Gasteiger partial charge in [0.15, 0.2) is 0 Å². The third-order valence-corrected chi connectivity index (χ3v) is 3.25. The molecule has 23 heavy (non-hydrogen) atoms. The van der Waals surface area contributed by atoms with Crippen molar-refractivity contribution in [3.05, 3.63) is 56.5 Å². The van der Waals surface area contributed by atoms with Gasteiger partial charge in [0.25, 0.3) is 5.56 Å². The van der Waals surface area contributed by atoms with E-state index in [-0.39, 0.29) is 17.9 Å². The van der Waals surface area contributed by atoms with Crippen LogP contribution in [-0.4, -0.2) is 14.1 Å². The predicted molar refractivity (Wildman–Crippen MR) is 77.4 cm³/mol. The molecule has 9 heteroatoms. The molecule has 2 N–H and O–H groups in total. The Morgan fingerprint density at radius 2 is 1.91 bits per heavy atom. The Bertz CT molecular complexity index is 820. The molecule has 2 heterocycles. The van der Waals surface area contributed by atoms with Crippen molar-refractivity contribution in [2.24, 2.45) is 5.73 Å². The first-order chi connectivity index (χ1) is 10.7. The summed E-state index contributed by atoms with van der Waals surface area (Å²) in [5.41, 5.74) is 3.54. The molecule has 0 aliphatic rings. The van der Waals surface area contributed by atoms with Crippen molar-refractivity contribution in [3.63, 3.8) is 0 Å². The lowest BCUT2D eigenvalue weighted by atomic mass is 10.2. The fraction of sp³-hybridized carbons (Fsp3) is 0.357. The molecule has 0 spiro atoms. The molecule has 0 radical (unpaired) electrons. The maximum atomic E-state index is 12.6. The van der Waals surface area contributed by atoms with Gasteiger partial charge < -0.3 is 5.73 Å². The van der Waals surface area contributed by atoms with E-state index in [1.165, 1.54) is 6.20 Å². The fourth-order valence-electron chi connectivity index (χ4n) is 2.08. The minimum Gasteiger partial charge on any atom is -0.326 e. The summed E-state index contributed by atoms with van der Waals surface area (Å²) >= 11 is 0. The molecule has 0 atom stereocenters. The van der Waals surface area contributed by atoms with Gasteiger partial charge in [-0.05, 0) is 26.0 Å². The Kier molecular flexibility index (Phi) is 4.42. The van der Waals surface area contributed by atoms with Crippen LogP contribution in [0.1, 0.15) is 31.0 Å². The molecule has 0 unspecified atom stereocenters. The number of halogens is 3. The van der Waals surface area contributed by atoms with Crippen LogP contribution in [0.15, 0.2) is 34.1 Å². The van der Waals surface area contributed by atoms with E-state index in [1.54, 1.807) is 13.8 Å². The van der Waals surface area contributed by atoms with Crippen molar-refractivity contribution in [2.45, 2.75) is 32.6 Å². The van der Waals surface area contributed by atoms with Gasteiger partial charge in [-0.25, -0.2) is 9.78 Å². The molecule has 6 nitrogen and oxygen atoms in total. The van der Waals surface area contributed by atoms with Gasteiger partial charge in [0.2, 0.25) is 0 Å². The zero-order chi connectivity index (χ0) is 17.4. The number of aromatic nitrogens is 3. The highest BCUT2D eigenvalue weighted by atomic mass is 19.4. The Labute approximate surface area is 129 Å². The molecule has 124 valence electrons. The Hall–Kier alpha value is -2.42. The van der Waals surface area contributed by atoms with E-state index in [0.717, 1.165) is 21.3 Å². The van der Waals surface area contributed by atoms with Gasteiger partial charge >= 0.3 is 11.9 Å². The van der Waals surface area contributed by atoms with Crippen molar-refractivity contribution in [1.82, 2.24) is 14.1 Å². The Morgan fingerprint density at radius 1 is 1.26 bits per heavy atom. The van der Waals surface area contributed by atoms with E-state index in [4.69, 9.17) is 5.73 Å². The molecule has 2 aromatic rings. The SMILES string of the molecule is CC(C)n1c(=O)c(CN)cn(-c2ccc(C(F)(F)F)cn2)c1=O. The van der Waals surface area contributed by atoms with Crippen LogP contribution < -0.4 is 17.0 Å². The molecule has 0 bridgehead atoms. The van der Waals surface area contributed by atoms with Crippen LogP contribution in [0.5, 0.6) is 0 Å². The lowest BCUT2D eigenvalue weighted by Gasteiger charge is -2.14. The van der Waals surface area contributed by atoms with E-state index >= 15 is 0 Å². The number of rotatable bonds is 3. The average molecular weight is 328 g/mol. The van der Waals surface area contributed by atoms with E-state index in [2.05, 4.69) is 4.98 Å². The highest BCUT2D eigenvalue weighted by Crippen LogP contribution is 2.28. The summed E-state index contributed by atoms with van der Waals surface area (Å²) in [6.07, 6.45) is -2.68. The van der Waals surface area contributed by atoms with Crippen LogP contribution in [0, 0.1) is 0 Å². The van der Waals surface area contributed by atoms with E-state index < -0.39 is 29.0 Å². The largest absolute Gasteiger partial charge is 0.417 e. The van der Waals surface area contributed by atoms with Crippen molar-refractivity contribution in [1.29, 1.82) is 0 Å². The first kappa shape index (κ1) is 16.9. The summed E-state index contributed by atoms with van der Waals surface area (Å²) in [6, 6.07) is 1.46. The van der Waals surface area contributed by atoms with Crippen molar-refractivity contribution in [3.8, 4) is 5.82 Å². The Balaban J connectivity index is 2.67. The first-order valence-electron chi connectivity index (χ1n) is 6.77. The second-order valence-corrected chi connectivity index (χ2v) is 5.18. The minimum atomic E-state index is -4.52. The number of pyridine rings is 1. The van der Waals surface area contributed by atoms with Crippen molar-refractivity contribution < 1.29 is 13.2 Å². The number of hydrogen-bond acceptors (Lipinski definition) is 4. The molecule has 0 fully saturated rings. The van der Waals surface area contributed by atoms with Gasteiger partial charge in [-0.15, -0.1) is 0 Å². The average Bonchev–Trinajstić information content (AvgIpc) is 2.46. The molecule has 0 aliphatic heterocycles. The molecule has 2 rings (SSSR count). The van der Waals surface area contributed by atoms with Gasteiger partial charge in [-0.2, -0.15) is 13.2 Å². The molecule has 0 aromatic carbocycles. The molecule has 0 amide bonds. The normalized spacial score (nSPS) is 12.0. The minimum absolute atomic E-state index is 0.0212. The Morgan fingerprint density at radius 3 is 2.35 bits per heavy atom. The van der Waals surface area contributed by atoms with Crippen molar-refractivity contribution in [2.75, 3.05) is 0 Å². The van der Waals surface area contributed by atoms with E-state index in [1.807, 2.05) is 0 Å². The van der Waals surface area contributed by atoms with Crippen LogP contribution in [0.25, 0.3) is 5.82 Å². The van der Waals surface area contributed by atoms with Crippen LogP contribution in [0.2, 0.25) is 0 Å². The third-order valence-electron chi connectivity index (χ3n) is 3.25. The summed E-state index contributed by atoms with van der Waals surface area (Å²) in [4.78, 5) is 28.2. The van der Waals surface area contributed by atoms with Gasteiger partial charge in [0.05, 0.1) is 5.56 Å². The second-order valence-electron chi connectivity index (χ2n) is 5.18. The quantitative estimate of drug-likeness (QED) is 0.924. The molecule has 0 aliphatic carbocycles. The molecular formula is C14H15F3N4O2. The maximum absolute atomic E-state index is 12.6. The molecule has 0 saturated heterocycles. The number of nitrogens with two attached hydrogens (primary N) is 1. The van der Waals surface area contributed by atoms with E-state index in [0.29, 0.717) is 6.20 Å². The van der Waals surface area contributed by atoms with Crippen molar-refractivity contribution >= 4 is 0 Å². The van der Waals surface area contributed by atoms with Crippen LogP contribution >= 0.6 is 0 Å². The summed E-state index contributed by atoms with van der Waals surface area (Å²) in [5.74, 6) is -0.0212. The van der Waals surface area contributed by atoms with Gasteiger partial charge in [0, 0.05) is 30.5 Å². The zero-order valence-corrected chi connectivity index (χ0v) is 12.5. The predicted octanol–water partition coefficient (Wildman–Crippen LogP) is 1.45. The fourth-order valence-corrected chi connectivity index (χ4v) is 2.08. The number of nitrogens with zero attached hydrogens (tertiary/aromatic N) is 3. The van der Waals surface area contributed by atoms with Crippen LogP contribution in [-0.2, 0) is 12.7 Å². The lowest BCUT2D eigenvalue weighted by molar-refractivity contribution is -0.137. The summed E-state index contributed by atoms with van der Waals surface area (Å²) in [5, 5.41) is 0. The molecule has 2 aromatic heterocycles. The maximum Gasteiger partial charge on any atom is 0.417 e.